The van der Waals surface area contributed by atoms with Crippen LogP contribution in [-0.2, 0) is 4.79 Å². The van der Waals surface area contributed by atoms with Crippen LogP contribution in [0.4, 0.5) is 0 Å². The molecule has 2 aliphatic rings. The lowest BCUT2D eigenvalue weighted by Gasteiger charge is -2.32. The van der Waals surface area contributed by atoms with Crippen molar-refractivity contribution in [3.63, 3.8) is 0 Å². The van der Waals surface area contributed by atoms with Crippen molar-refractivity contribution in [3.05, 3.63) is 0 Å². The summed E-state index contributed by atoms with van der Waals surface area (Å²) in [5, 5.41) is 3.33. The van der Waals surface area contributed by atoms with Crippen molar-refractivity contribution in [2.45, 2.75) is 51.5 Å². The van der Waals surface area contributed by atoms with Gasteiger partial charge in [-0.3, -0.25) is 4.79 Å². The van der Waals surface area contributed by atoms with E-state index in [1.807, 2.05) is 11.9 Å². The molecule has 0 spiro atoms. The quantitative estimate of drug-likeness (QED) is 0.857. The van der Waals surface area contributed by atoms with Crippen molar-refractivity contribution >= 4 is 18.3 Å². The van der Waals surface area contributed by atoms with Gasteiger partial charge in [0.05, 0.1) is 0 Å². The number of hydrogen-bond donors (Lipinski definition) is 1. The molecule has 1 unspecified atom stereocenters. The predicted molar refractivity (Wildman–Crippen MR) is 77.0 cm³/mol. The number of nitrogens with one attached hydrogen (secondary N) is 1. The van der Waals surface area contributed by atoms with Gasteiger partial charge in [0.1, 0.15) is 0 Å². The van der Waals surface area contributed by atoms with Crippen molar-refractivity contribution < 1.29 is 4.79 Å². The Kier molecular flexibility index (Phi) is 6.44. The lowest BCUT2D eigenvalue weighted by atomic mass is 9.80. The van der Waals surface area contributed by atoms with Gasteiger partial charge < -0.3 is 10.2 Å². The highest BCUT2D eigenvalue weighted by atomic mass is 35.5. The Balaban J connectivity index is 0.00000162. The third-order valence-corrected chi connectivity index (χ3v) is 4.70. The minimum Gasteiger partial charge on any atom is -0.341 e. The molecule has 0 radical (unpaired) electrons. The highest BCUT2D eigenvalue weighted by Crippen LogP contribution is 2.32. The van der Waals surface area contributed by atoms with Crippen molar-refractivity contribution in [1.82, 2.24) is 10.2 Å². The molecule has 1 aliphatic heterocycles. The molecule has 1 aliphatic carbocycles. The number of likely N-dealkylation sites (N-methyl/N-ethyl adjacent to an activating group) is 1. The van der Waals surface area contributed by atoms with Gasteiger partial charge in [-0.25, -0.2) is 0 Å². The van der Waals surface area contributed by atoms with Crippen LogP contribution in [0.25, 0.3) is 0 Å². The third-order valence-electron chi connectivity index (χ3n) is 4.70. The molecule has 0 aromatic heterocycles. The monoisotopic (exact) mass is 274 g/mol. The van der Waals surface area contributed by atoms with E-state index in [1.54, 1.807) is 0 Å². The lowest BCUT2D eigenvalue weighted by Crippen LogP contribution is -2.42. The van der Waals surface area contributed by atoms with Crippen LogP contribution in [0.3, 0.4) is 0 Å². The molecule has 1 saturated carbocycles. The SMILES string of the molecule is CCC1CCC(C(=O)N(C)C2CCNC2)CC1.Cl. The molecule has 4 heteroatoms. The summed E-state index contributed by atoms with van der Waals surface area (Å²) in [5.74, 6) is 1.58. The maximum absolute atomic E-state index is 12.4. The molecule has 1 atom stereocenters. The van der Waals surface area contributed by atoms with E-state index in [9.17, 15) is 4.79 Å². The highest BCUT2D eigenvalue weighted by Gasteiger charge is 2.31. The van der Waals surface area contributed by atoms with E-state index in [0.717, 1.165) is 38.3 Å². The summed E-state index contributed by atoms with van der Waals surface area (Å²) >= 11 is 0. The van der Waals surface area contributed by atoms with Crippen molar-refractivity contribution in [3.8, 4) is 0 Å². The second-order valence-corrected chi connectivity index (χ2v) is 5.72. The van der Waals surface area contributed by atoms with E-state index in [1.165, 1.54) is 19.3 Å². The summed E-state index contributed by atoms with van der Waals surface area (Å²) in [6.07, 6.45) is 7.13. The zero-order chi connectivity index (χ0) is 12.3. The van der Waals surface area contributed by atoms with Crippen LogP contribution < -0.4 is 5.32 Å². The van der Waals surface area contributed by atoms with Gasteiger partial charge in [0, 0.05) is 25.6 Å². The largest absolute Gasteiger partial charge is 0.341 e. The van der Waals surface area contributed by atoms with Gasteiger partial charge in [0.25, 0.3) is 0 Å². The average Bonchev–Trinajstić information content (AvgIpc) is 2.91. The van der Waals surface area contributed by atoms with Gasteiger partial charge in [0.2, 0.25) is 5.91 Å². The summed E-state index contributed by atoms with van der Waals surface area (Å²) in [7, 11) is 1.99. The summed E-state index contributed by atoms with van der Waals surface area (Å²) < 4.78 is 0. The Morgan fingerprint density at radius 2 is 1.89 bits per heavy atom. The molecule has 3 nitrogen and oxygen atoms in total. The molecule has 1 saturated heterocycles. The minimum atomic E-state index is 0. The zero-order valence-corrected chi connectivity index (χ0v) is 12.5. The standard InChI is InChI=1S/C14H26N2O.ClH/c1-3-11-4-6-12(7-5-11)14(17)16(2)13-8-9-15-10-13;/h11-13,15H,3-10H2,1-2H3;1H. The molecular formula is C14H27ClN2O. The van der Waals surface area contributed by atoms with Gasteiger partial charge in [-0.2, -0.15) is 0 Å². The normalized spacial score (nSPS) is 31.8. The first-order valence-corrected chi connectivity index (χ1v) is 7.19. The molecule has 0 aromatic carbocycles. The highest BCUT2D eigenvalue weighted by molar-refractivity contribution is 5.85. The van der Waals surface area contributed by atoms with E-state index < -0.39 is 0 Å². The van der Waals surface area contributed by atoms with Gasteiger partial charge in [-0.15, -0.1) is 12.4 Å². The number of rotatable bonds is 3. The fraction of sp³-hybridized carbons (Fsp3) is 0.929. The Morgan fingerprint density at radius 3 is 2.39 bits per heavy atom. The van der Waals surface area contributed by atoms with E-state index in [2.05, 4.69) is 12.2 Å². The molecule has 1 amide bonds. The van der Waals surface area contributed by atoms with Crippen LogP contribution in [0.5, 0.6) is 0 Å². The average molecular weight is 275 g/mol. The first kappa shape index (κ1) is 15.8. The van der Waals surface area contributed by atoms with E-state index in [4.69, 9.17) is 0 Å². The van der Waals surface area contributed by atoms with E-state index >= 15 is 0 Å². The maximum Gasteiger partial charge on any atom is 0.225 e. The molecule has 1 heterocycles. The number of amides is 1. The third kappa shape index (κ3) is 3.61. The second-order valence-electron chi connectivity index (χ2n) is 5.72. The Hall–Kier alpha value is -0.280. The molecule has 1 N–H and O–H groups in total. The van der Waals surface area contributed by atoms with Gasteiger partial charge in [0.15, 0.2) is 0 Å². The fourth-order valence-electron chi connectivity index (χ4n) is 3.26. The molecule has 0 bridgehead atoms. The fourth-order valence-corrected chi connectivity index (χ4v) is 3.26. The molecule has 18 heavy (non-hydrogen) atoms. The topological polar surface area (TPSA) is 32.3 Å². The summed E-state index contributed by atoms with van der Waals surface area (Å²) in [5.41, 5.74) is 0. The first-order chi connectivity index (χ1) is 8.22. The lowest BCUT2D eigenvalue weighted by molar-refractivity contribution is -0.137. The summed E-state index contributed by atoms with van der Waals surface area (Å²) in [6.45, 7) is 4.31. The molecular weight excluding hydrogens is 248 g/mol. The number of carbonyl (C=O) groups is 1. The van der Waals surface area contributed by atoms with Gasteiger partial charge in [-0.05, 0) is 44.6 Å². The number of halogens is 1. The van der Waals surface area contributed by atoms with E-state index in [0.29, 0.717) is 17.9 Å². The molecule has 0 aromatic rings. The van der Waals surface area contributed by atoms with Crippen LogP contribution in [-0.4, -0.2) is 37.0 Å². The summed E-state index contributed by atoms with van der Waals surface area (Å²) in [4.78, 5) is 14.4. The Morgan fingerprint density at radius 1 is 1.22 bits per heavy atom. The van der Waals surface area contributed by atoms with Crippen molar-refractivity contribution in [2.24, 2.45) is 11.8 Å². The Bertz CT molecular complexity index is 259. The second kappa shape index (κ2) is 7.34. The Labute approximate surface area is 117 Å². The van der Waals surface area contributed by atoms with Crippen molar-refractivity contribution in [2.75, 3.05) is 20.1 Å². The number of nitrogens with zero attached hydrogens (tertiary/aromatic N) is 1. The molecule has 2 rings (SSSR count). The van der Waals surface area contributed by atoms with Crippen LogP contribution in [0.1, 0.15) is 45.4 Å². The zero-order valence-electron chi connectivity index (χ0n) is 11.7. The minimum absolute atomic E-state index is 0. The van der Waals surface area contributed by atoms with Crippen molar-refractivity contribution in [1.29, 1.82) is 0 Å². The van der Waals surface area contributed by atoms with Crippen LogP contribution in [0.15, 0.2) is 0 Å². The maximum atomic E-state index is 12.4. The van der Waals surface area contributed by atoms with Crippen LogP contribution in [0.2, 0.25) is 0 Å². The van der Waals surface area contributed by atoms with E-state index in [-0.39, 0.29) is 12.4 Å². The number of hydrogen-bond acceptors (Lipinski definition) is 2. The van der Waals surface area contributed by atoms with Gasteiger partial charge in [-0.1, -0.05) is 13.3 Å². The molecule has 106 valence electrons. The summed E-state index contributed by atoms with van der Waals surface area (Å²) in [6, 6.07) is 0.436. The number of carbonyl (C=O) groups excluding carboxylic acids is 1. The first-order valence-electron chi connectivity index (χ1n) is 7.19. The predicted octanol–water partition coefficient (Wildman–Crippen LogP) is 2.44. The van der Waals surface area contributed by atoms with Crippen LogP contribution >= 0.6 is 12.4 Å². The van der Waals surface area contributed by atoms with Crippen LogP contribution in [0, 0.1) is 11.8 Å². The molecule has 2 fully saturated rings. The van der Waals surface area contributed by atoms with Gasteiger partial charge >= 0.3 is 0 Å². The smallest absolute Gasteiger partial charge is 0.225 e.